The van der Waals surface area contributed by atoms with E-state index in [9.17, 15) is 14.4 Å². The Kier molecular flexibility index (Phi) is 7.68. The van der Waals surface area contributed by atoms with Crippen molar-refractivity contribution in [2.75, 3.05) is 23.5 Å². The van der Waals surface area contributed by atoms with E-state index in [0.29, 0.717) is 11.4 Å². The fraction of sp³-hybridized carbons (Fsp3) is 0.160. The number of carbonyl (C=O) groups excluding carboxylic acids is 3. The van der Waals surface area contributed by atoms with Crippen LogP contribution in [0.15, 0.2) is 83.8 Å². The zero-order valence-corrected chi connectivity index (χ0v) is 18.9. The number of esters is 1. The molecule has 0 aliphatic heterocycles. The van der Waals surface area contributed by atoms with Crippen molar-refractivity contribution in [2.24, 2.45) is 0 Å². The summed E-state index contributed by atoms with van der Waals surface area (Å²) < 4.78 is 5.39. The largest absolute Gasteiger partial charge is 0.449 e. The Bertz CT molecular complexity index is 1120. The molecule has 1 atom stereocenters. The second-order valence-electron chi connectivity index (χ2n) is 6.98. The minimum Gasteiger partial charge on any atom is -0.449 e. The summed E-state index contributed by atoms with van der Waals surface area (Å²) in [5.41, 5.74) is 1.64. The van der Waals surface area contributed by atoms with Gasteiger partial charge in [0.05, 0.1) is 16.8 Å². The van der Waals surface area contributed by atoms with E-state index in [0.717, 1.165) is 4.90 Å². The Morgan fingerprint density at radius 2 is 1.47 bits per heavy atom. The molecule has 0 fully saturated rings. The number of nitrogens with one attached hydrogen (secondary N) is 1. The molecule has 0 saturated heterocycles. The molecule has 0 aromatic heterocycles. The Hall–Kier alpha value is -3.58. The maximum absolute atomic E-state index is 13.0. The standard InChI is InChI=1S/C25H24N2O4S/c1-17(23(28)26-21-15-9-10-16-22(21)32-3)31-25(30)20-14-8-7-13-19(20)24(29)27(2)18-11-5-4-6-12-18/h4-17H,1-3H3,(H,26,28). The molecule has 0 radical (unpaired) electrons. The molecule has 164 valence electrons. The lowest BCUT2D eigenvalue weighted by molar-refractivity contribution is -0.123. The molecule has 7 heteroatoms. The van der Waals surface area contributed by atoms with Crippen LogP contribution < -0.4 is 10.2 Å². The van der Waals surface area contributed by atoms with Crippen LogP contribution in [-0.4, -0.2) is 37.2 Å². The van der Waals surface area contributed by atoms with E-state index in [-0.39, 0.29) is 17.0 Å². The highest BCUT2D eigenvalue weighted by atomic mass is 32.2. The van der Waals surface area contributed by atoms with Crippen LogP contribution in [0, 0.1) is 0 Å². The van der Waals surface area contributed by atoms with Gasteiger partial charge in [0.2, 0.25) is 0 Å². The van der Waals surface area contributed by atoms with Crippen LogP contribution in [0.2, 0.25) is 0 Å². The van der Waals surface area contributed by atoms with Gasteiger partial charge in [0, 0.05) is 17.6 Å². The lowest BCUT2D eigenvalue weighted by Crippen LogP contribution is -2.32. The number of anilines is 2. The minimum atomic E-state index is -1.05. The molecule has 0 saturated carbocycles. The van der Waals surface area contributed by atoms with Crippen molar-refractivity contribution >= 4 is 40.9 Å². The number of carbonyl (C=O) groups is 3. The van der Waals surface area contributed by atoms with Crippen molar-refractivity contribution in [1.29, 1.82) is 0 Å². The molecule has 2 amide bonds. The van der Waals surface area contributed by atoms with Gasteiger partial charge in [0.1, 0.15) is 0 Å². The Morgan fingerprint density at radius 1 is 0.875 bits per heavy atom. The molecule has 0 aliphatic carbocycles. The van der Waals surface area contributed by atoms with Gasteiger partial charge >= 0.3 is 5.97 Å². The highest BCUT2D eigenvalue weighted by Crippen LogP contribution is 2.25. The SMILES string of the molecule is CSc1ccccc1NC(=O)C(C)OC(=O)c1ccccc1C(=O)N(C)c1ccccc1. The third kappa shape index (κ3) is 5.36. The molecule has 0 bridgehead atoms. The molecule has 32 heavy (non-hydrogen) atoms. The van der Waals surface area contributed by atoms with E-state index in [4.69, 9.17) is 4.74 Å². The third-order valence-electron chi connectivity index (χ3n) is 4.84. The smallest absolute Gasteiger partial charge is 0.339 e. The number of amides is 2. The van der Waals surface area contributed by atoms with E-state index >= 15 is 0 Å². The van der Waals surface area contributed by atoms with Crippen molar-refractivity contribution in [3.63, 3.8) is 0 Å². The summed E-state index contributed by atoms with van der Waals surface area (Å²) in [5.74, 6) is -1.55. The molecular weight excluding hydrogens is 424 g/mol. The number of para-hydroxylation sites is 2. The van der Waals surface area contributed by atoms with Crippen molar-refractivity contribution in [2.45, 2.75) is 17.9 Å². The predicted octanol–water partition coefficient (Wildman–Crippen LogP) is 4.87. The van der Waals surface area contributed by atoms with Crippen molar-refractivity contribution in [3.8, 4) is 0 Å². The fourth-order valence-corrected chi connectivity index (χ4v) is 3.61. The quantitative estimate of drug-likeness (QED) is 0.412. The number of hydrogen-bond acceptors (Lipinski definition) is 5. The molecule has 6 nitrogen and oxygen atoms in total. The molecule has 1 N–H and O–H groups in total. The molecule has 3 aromatic rings. The second-order valence-corrected chi connectivity index (χ2v) is 7.83. The van der Waals surface area contributed by atoms with Crippen LogP contribution in [0.25, 0.3) is 0 Å². The summed E-state index contributed by atoms with van der Waals surface area (Å²) >= 11 is 1.50. The van der Waals surface area contributed by atoms with Gasteiger partial charge < -0.3 is 15.0 Å². The van der Waals surface area contributed by atoms with Crippen LogP contribution in [0.3, 0.4) is 0 Å². The van der Waals surface area contributed by atoms with Gasteiger partial charge in [-0.1, -0.05) is 42.5 Å². The summed E-state index contributed by atoms with van der Waals surface area (Å²) in [7, 11) is 1.64. The molecule has 0 heterocycles. The van der Waals surface area contributed by atoms with Gasteiger partial charge in [-0.25, -0.2) is 4.79 Å². The number of ether oxygens (including phenoxy) is 1. The van der Waals surface area contributed by atoms with E-state index in [1.165, 1.54) is 29.7 Å². The first-order chi connectivity index (χ1) is 15.4. The second kappa shape index (κ2) is 10.6. The first kappa shape index (κ1) is 23.1. The van der Waals surface area contributed by atoms with Gasteiger partial charge in [-0.05, 0) is 49.6 Å². The molecular formula is C25H24N2O4S. The average Bonchev–Trinajstić information content (AvgIpc) is 2.83. The van der Waals surface area contributed by atoms with Crippen LogP contribution in [0.4, 0.5) is 11.4 Å². The summed E-state index contributed by atoms with van der Waals surface area (Å²) in [6, 6.07) is 22.9. The Labute approximate surface area is 191 Å². The topological polar surface area (TPSA) is 75.7 Å². The molecule has 3 aromatic carbocycles. The Balaban J connectivity index is 1.74. The molecule has 0 aliphatic rings. The van der Waals surface area contributed by atoms with E-state index in [2.05, 4.69) is 5.32 Å². The van der Waals surface area contributed by atoms with Crippen molar-refractivity contribution < 1.29 is 19.1 Å². The number of benzene rings is 3. The van der Waals surface area contributed by atoms with Crippen LogP contribution in [0.5, 0.6) is 0 Å². The average molecular weight is 449 g/mol. The lowest BCUT2D eigenvalue weighted by Gasteiger charge is -2.19. The van der Waals surface area contributed by atoms with Gasteiger partial charge in [-0.15, -0.1) is 11.8 Å². The third-order valence-corrected chi connectivity index (χ3v) is 5.64. The predicted molar refractivity (Wildman–Crippen MR) is 127 cm³/mol. The summed E-state index contributed by atoms with van der Waals surface area (Å²) in [6.45, 7) is 1.50. The van der Waals surface area contributed by atoms with Gasteiger partial charge in [0.15, 0.2) is 6.10 Å². The van der Waals surface area contributed by atoms with E-state index in [1.54, 1.807) is 43.4 Å². The monoisotopic (exact) mass is 448 g/mol. The number of hydrogen-bond donors (Lipinski definition) is 1. The fourth-order valence-electron chi connectivity index (χ4n) is 3.06. The Morgan fingerprint density at radius 3 is 2.16 bits per heavy atom. The van der Waals surface area contributed by atoms with Crippen molar-refractivity contribution in [1.82, 2.24) is 0 Å². The van der Waals surface area contributed by atoms with Gasteiger partial charge in [-0.3, -0.25) is 9.59 Å². The van der Waals surface area contributed by atoms with Gasteiger partial charge in [-0.2, -0.15) is 0 Å². The van der Waals surface area contributed by atoms with Crippen LogP contribution in [0.1, 0.15) is 27.6 Å². The van der Waals surface area contributed by atoms with Crippen LogP contribution in [-0.2, 0) is 9.53 Å². The summed E-state index contributed by atoms with van der Waals surface area (Å²) in [5, 5.41) is 2.78. The molecule has 1 unspecified atom stereocenters. The molecule has 0 spiro atoms. The first-order valence-electron chi connectivity index (χ1n) is 9.99. The summed E-state index contributed by atoms with van der Waals surface area (Å²) in [4.78, 5) is 40.8. The maximum atomic E-state index is 13.0. The van der Waals surface area contributed by atoms with Crippen LogP contribution >= 0.6 is 11.8 Å². The number of thioether (sulfide) groups is 1. The zero-order chi connectivity index (χ0) is 23.1. The van der Waals surface area contributed by atoms with E-state index in [1.807, 2.05) is 42.7 Å². The number of nitrogens with zero attached hydrogens (tertiary/aromatic N) is 1. The first-order valence-corrected chi connectivity index (χ1v) is 11.2. The molecule has 3 rings (SSSR count). The zero-order valence-electron chi connectivity index (χ0n) is 18.1. The lowest BCUT2D eigenvalue weighted by atomic mass is 10.1. The van der Waals surface area contributed by atoms with Gasteiger partial charge in [0.25, 0.3) is 11.8 Å². The normalized spacial score (nSPS) is 11.3. The minimum absolute atomic E-state index is 0.101. The maximum Gasteiger partial charge on any atom is 0.339 e. The highest BCUT2D eigenvalue weighted by Gasteiger charge is 2.25. The summed E-state index contributed by atoms with van der Waals surface area (Å²) in [6.07, 6.45) is 0.863. The van der Waals surface area contributed by atoms with Crippen molar-refractivity contribution in [3.05, 3.63) is 90.0 Å². The highest BCUT2D eigenvalue weighted by molar-refractivity contribution is 7.98. The number of rotatable bonds is 7. The van der Waals surface area contributed by atoms with E-state index < -0.39 is 18.0 Å².